The highest BCUT2D eigenvalue weighted by Gasteiger charge is 2.16. The monoisotopic (exact) mass is 372 g/mol. The summed E-state index contributed by atoms with van der Waals surface area (Å²) in [5.41, 5.74) is 6.22. The Kier molecular flexibility index (Phi) is 6.93. The van der Waals surface area contributed by atoms with Crippen molar-refractivity contribution < 1.29 is 23.5 Å². The van der Waals surface area contributed by atoms with Gasteiger partial charge in [-0.15, -0.1) is 0 Å². The number of para-hydroxylation sites is 1. The first-order valence-corrected chi connectivity index (χ1v) is 8.24. The molecule has 2 aromatic rings. The first-order chi connectivity index (χ1) is 12.9. The van der Waals surface area contributed by atoms with Crippen LogP contribution in [0.1, 0.15) is 18.1 Å². The number of halogens is 1. The van der Waals surface area contributed by atoms with Crippen LogP contribution in [-0.4, -0.2) is 25.0 Å². The van der Waals surface area contributed by atoms with Crippen LogP contribution in [0.3, 0.4) is 0 Å². The van der Waals surface area contributed by atoms with Crippen LogP contribution in [0.25, 0.3) is 6.08 Å². The van der Waals surface area contributed by atoms with E-state index in [0.29, 0.717) is 5.75 Å². The first kappa shape index (κ1) is 20.0. The maximum Gasteiger partial charge on any atom is 0.279 e. The van der Waals surface area contributed by atoms with Crippen LogP contribution in [-0.2, 0) is 9.59 Å². The molecular weight excluding hydrogens is 351 g/mol. The fourth-order valence-electron chi connectivity index (χ4n) is 2.20. The number of nitrogens with one attached hydrogen (secondary N) is 2. The number of methoxy groups -OCH3 is 1. The standard InChI is InChI=1S/C20H21FN2O4/c1-13-8-10-17(26-3)15(12-13)9-11-19(24)22-23-20(25)14(2)27-18-7-5-4-6-16(18)21/h4-12,14H,1-3H3,(H,22,24)(H,23,25)/b11-9+/t14-/m1/s1. The van der Waals surface area contributed by atoms with Crippen LogP contribution in [0.15, 0.2) is 48.5 Å². The summed E-state index contributed by atoms with van der Waals surface area (Å²) in [5, 5.41) is 0. The SMILES string of the molecule is COc1ccc(C)cc1/C=C/C(=O)NNC(=O)[C@@H](C)Oc1ccccc1F. The minimum atomic E-state index is -0.997. The molecule has 0 fully saturated rings. The molecule has 1 atom stereocenters. The molecule has 2 aromatic carbocycles. The number of hydrogen-bond donors (Lipinski definition) is 2. The lowest BCUT2D eigenvalue weighted by molar-refractivity contribution is -0.131. The van der Waals surface area contributed by atoms with E-state index >= 15 is 0 Å². The number of benzene rings is 2. The van der Waals surface area contributed by atoms with Gasteiger partial charge in [0, 0.05) is 11.6 Å². The molecule has 0 heterocycles. The fourth-order valence-corrected chi connectivity index (χ4v) is 2.20. The molecule has 0 saturated heterocycles. The Morgan fingerprint density at radius 1 is 1.11 bits per heavy atom. The van der Waals surface area contributed by atoms with E-state index in [0.717, 1.165) is 11.1 Å². The van der Waals surface area contributed by atoms with Crippen molar-refractivity contribution >= 4 is 17.9 Å². The van der Waals surface area contributed by atoms with Gasteiger partial charge in [-0.3, -0.25) is 20.4 Å². The molecule has 0 spiro atoms. The number of carbonyl (C=O) groups is 2. The number of ether oxygens (including phenoxy) is 2. The number of aryl methyl sites for hydroxylation is 1. The minimum Gasteiger partial charge on any atom is -0.496 e. The third-order valence-corrected chi connectivity index (χ3v) is 3.62. The normalized spacial score (nSPS) is 11.7. The Bertz CT molecular complexity index is 852. The van der Waals surface area contributed by atoms with Crippen LogP contribution < -0.4 is 20.3 Å². The molecule has 0 unspecified atom stereocenters. The van der Waals surface area contributed by atoms with Crippen molar-refractivity contribution in [3.63, 3.8) is 0 Å². The van der Waals surface area contributed by atoms with Crippen LogP contribution in [0.4, 0.5) is 4.39 Å². The zero-order valence-corrected chi connectivity index (χ0v) is 15.3. The Balaban J connectivity index is 1.88. The lowest BCUT2D eigenvalue weighted by Crippen LogP contribution is -2.46. The van der Waals surface area contributed by atoms with E-state index in [1.165, 1.54) is 31.2 Å². The zero-order valence-electron chi connectivity index (χ0n) is 15.3. The highest BCUT2D eigenvalue weighted by molar-refractivity contribution is 5.93. The second-order valence-corrected chi connectivity index (χ2v) is 5.75. The number of carbonyl (C=O) groups excluding carboxylic acids is 2. The number of amides is 2. The summed E-state index contributed by atoms with van der Waals surface area (Å²) in [7, 11) is 1.54. The van der Waals surface area contributed by atoms with Crippen LogP contribution in [0.2, 0.25) is 0 Å². The summed E-state index contributed by atoms with van der Waals surface area (Å²) in [6.07, 6.45) is 1.84. The van der Waals surface area contributed by atoms with Gasteiger partial charge < -0.3 is 9.47 Å². The van der Waals surface area contributed by atoms with Crippen molar-refractivity contribution in [1.82, 2.24) is 10.9 Å². The molecule has 2 N–H and O–H groups in total. The molecule has 6 nitrogen and oxygen atoms in total. The second kappa shape index (κ2) is 9.38. The molecule has 0 aromatic heterocycles. The van der Waals surface area contributed by atoms with E-state index in [2.05, 4.69) is 10.9 Å². The third-order valence-electron chi connectivity index (χ3n) is 3.62. The van der Waals surface area contributed by atoms with E-state index in [1.807, 2.05) is 19.1 Å². The lowest BCUT2D eigenvalue weighted by Gasteiger charge is -2.15. The highest BCUT2D eigenvalue weighted by atomic mass is 19.1. The number of hydrazine groups is 1. The Hall–Kier alpha value is -3.35. The average Bonchev–Trinajstić information content (AvgIpc) is 2.66. The smallest absolute Gasteiger partial charge is 0.279 e. The van der Waals surface area contributed by atoms with Gasteiger partial charge in [0.05, 0.1) is 7.11 Å². The van der Waals surface area contributed by atoms with E-state index in [4.69, 9.17) is 9.47 Å². The third kappa shape index (κ3) is 5.85. The first-order valence-electron chi connectivity index (χ1n) is 8.24. The maximum atomic E-state index is 13.5. The molecule has 2 rings (SSSR count). The number of rotatable bonds is 6. The fraction of sp³-hybridized carbons (Fsp3) is 0.200. The average molecular weight is 372 g/mol. The number of hydrogen-bond acceptors (Lipinski definition) is 4. The van der Waals surface area contributed by atoms with Gasteiger partial charge in [-0.25, -0.2) is 4.39 Å². The minimum absolute atomic E-state index is 0.0436. The Morgan fingerprint density at radius 2 is 1.85 bits per heavy atom. The Morgan fingerprint density at radius 3 is 2.56 bits per heavy atom. The predicted molar refractivity (Wildman–Crippen MR) is 99.5 cm³/mol. The molecule has 0 bridgehead atoms. The van der Waals surface area contributed by atoms with Gasteiger partial charge in [0.1, 0.15) is 5.75 Å². The molecule has 0 saturated carbocycles. The van der Waals surface area contributed by atoms with Gasteiger partial charge in [0.2, 0.25) is 0 Å². The molecule has 0 radical (unpaired) electrons. The Labute approximate surface area is 157 Å². The van der Waals surface area contributed by atoms with Gasteiger partial charge in [-0.2, -0.15) is 0 Å². The second-order valence-electron chi connectivity index (χ2n) is 5.75. The van der Waals surface area contributed by atoms with E-state index in [9.17, 15) is 14.0 Å². The van der Waals surface area contributed by atoms with Gasteiger partial charge in [0.15, 0.2) is 17.7 Å². The van der Waals surface area contributed by atoms with Crippen molar-refractivity contribution in [3.8, 4) is 11.5 Å². The van der Waals surface area contributed by atoms with Crippen molar-refractivity contribution in [3.05, 3.63) is 65.5 Å². The summed E-state index contributed by atoms with van der Waals surface area (Å²) < 4.78 is 24.0. The van der Waals surface area contributed by atoms with Crippen LogP contribution in [0.5, 0.6) is 11.5 Å². The van der Waals surface area contributed by atoms with Gasteiger partial charge >= 0.3 is 0 Å². The maximum absolute atomic E-state index is 13.5. The molecule has 0 aliphatic heterocycles. The van der Waals surface area contributed by atoms with Crippen molar-refractivity contribution in [1.29, 1.82) is 0 Å². The molecule has 2 amide bonds. The summed E-state index contributed by atoms with van der Waals surface area (Å²) in [4.78, 5) is 23.9. The molecule has 0 aliphatic rings. The van der Waals surface area contributed by atoms with Gasteiger partial charge in [0.25, 0.3) is 11.8 Å². The molecular formula is C20H21FN2O4. The largest absolute Gasteiger partial charge is 0.496 e. The van der Waals surface area contributed by atoms with Crippen LogP contribution >= 0.6 is 0 Å². The summed E-state index contributed by atoms with van der Waals surface area (Å²) >= 11 is 0. The highest BCUT2D eigenvalue weighted by Crippen LogP contribution is 2.21. The topological polar surface area (TPSA) is 76.7 Å². The van der Waals surface area contributed by atoms with Gasteiger partial charge in [-0.1, -0.05) is 23.8 Å². The zero-order chi connectivity index (χ0) is 19.8. The summed E-state index contributed by atoms with van der Waals surface area (Å²) in [6, 6.07) is 11.3. The van der Waals surface area contributed by atoms with Crippen molar-refractivity contribution in [2.75, 3.05) is 7.11 Å². The summed E-state index contributed by atoms with van der Waals surface area (Å²) in [6.45, 7) is 3.37. The summed E-state index contributed by atoms with van der Waals surface area (Å²) in [5.74, 6) is -1.15. The van der Waals surface area contributed by atoms with Crippen molar-refractivity contribution in [2.45, 2.75) is 20.0 Å². The molecule has 7 heteroatoms. The lowest BCUT2D eigenvalue weighted by atomic mass is 10.1. The quantitative estimate of drug-likeness (QED) is 0.604. The predicted octanol–water partition coefficient (Wildman–Crippen LogP) is 2.77. The molecule has 27 heavy (non-hydrogen) atoms. The van der Waals surface area contributed by atoms with E-state index < -0.39 is 23.7 Å². The van der Waals surface area contributed by atoms with E-state index in [1.54, 1.807) is 25.3 Å². The van der Waals surface area contributed by atoms with Gasteiger partial charge in [-0.05, 0) is 44.2 Å². The van der Waals surface area contributed by atoms with Crippen LogP contribution in [0, 0.1) is 12.7 Å². The van der Waals surface area contributed by atoms with E-state index in [-0.39, 0.29) is 5.75 Å². The van der Waals surface area contributed by atoms with Crippen molar-refractivity contribution in [2.24, 2.45) is 0 Å². The molecule has 142 valence electrons. The molecule has 0 aliphatic carbocycles.